The molecule has 2 aliphatic heterocycles. The average molecular weight is 449 g/mol. The summed E-state index contributed by atoms with van der Waals surface area (Å²) in [6.07, 6.45) is 0.187. The van der Waals surface area contributed by atoms with Gasteiger partial charge in [0, 0.05) is 13.0 Å². The molecule has 1 aromatic rings. The number of ether oxygens (including phenoxy) is 4. The number of nitrogens with two attached hydrogens (primary N) is 1. The second-order valence-corrected chi connectivity index (χ2v) is 7.13. The number of amides is 4. The predicted octanol–water partition coefficient (Wildman–Crippen LogP) is -0.525. The Balaban J connectivity index is 1.42. The number of nitrogens with one attached hydrogen (secondary N) is 1. The molecule has 3 N–H and O–H groups in total. The van der Waals surface area contributed by atoms with Crippen molar-refractivity contribution >= 4 is 23.6 Å². The van der Waals surface area contributed by atoms with E-state index in [1.165, 1.54) is 12.1 Å². The van der Waals surface area contributed by atoms with Crippen LogP contribution >= 0.6 is 0 Å². The molecule has 0 radical (unpaired) electrons. The number of rotatable bonds is 13. The Morgan fingerprint density at radius 1 is 0.875 bits per heavy atom. The average Bonchev–Trinajstić information content (AvgIpc) is 3.02. The number of hydrogen-bond acceptors (Lipinski definition) is 9. The molecule has 2 aliphatic rings. The molecular formula is C21H27N3O8. The van der Waals surface area contributed by atoms with Gasteiger partial charge in [0.1, 0.15) is 18.4 Å². The number of imide groups is 2. The maximum Gasteiger partial charge on any atom is 0.262 e. The minimum atomic E-state index is -0.993. The molecule has 0 aromatic heterocycles. The van der Waals surface area contributed by atoms with Crippen LogP contribution in [-0.4, -0.2) is 87.4 Å². The van der Waals surface area contributed by atoms with E-state index in [0.717, 1.165) is 4.90 Å². The van der Waals surface area contributed by atoms with E-state index in [1.54, 1.807) is 6.07 Å². The number of carbonyl (C=O) groups excluding carboxylic acids is 4. The summed E-state index contributed by atoms with van der Waals surface area (Å²) in [4.78, 5) is 49.8. The third-order valence-electron chi connectivity index (χ3n) is 4.91. The molecule has 1 atom stereocenters. The highest BCUT2D eigenvalue weighted by Gasteiger charge is 2.44. The fraction of sp³-hybridized carbons (Fsp3) is 0.524. The Hall–Kier alpha value is -2.86. The molecule has 0 saturated carbocycles. The van der Waals surface area contributed by atoms with Crippen LogP contribution in [0.2, 0.25) is 0 Å². The number of fused-ring (bicyclic) bond motifs is 1. The minimum Gasteiger partial charge on any atom is -0.491 e. The summed E-state index contributed by atoms with van der Waals surface area (Å²) in [5, 5.41) is 2.17. The second-order valence-electron chi connectivity index (χ2n) is 7.13. The van der Waals surface area contributed by atoms with Gasteiger partial charge in [-0.05, 0) is 24.6 Å². The number of carbonyl (C=O) groups is 4. The van der Waals surface area contributed by atoms with Gasteiger partial charge in [0.2, 0.25) is 11.8 Å². The highest BCUT2D eigenvalue weighted by Crippen LogP contribution is 2.30. The Bertz CT molecular complexity index is 859. The van der Waals surface area contributed by atoms with Gasteiger partial charge in [-0.25, -0.2) is 0 Å². The van der Waals surface area contributed by atoms with E-state index in [-0.39, 0.29) is 30.6 Å². The van der Waals surface area contributed by atoms with Crippen LogP contribution < -0.4 is 15.8 Å². The van der Waals surface area contributed by atoms with Crippen LogP contribution in [0.4, 0.5) is 0 Å². The van der Waals surface area contributed by atoms with E-state index in [0.29, 0.717) is 51.9 Å². The van der Waals surface area contributed by atoms with Crippen LogP contribution in [0.15, 0.2) is 18.2 Å². The summed E-state index contributed by atoms with van der Waals surface area (Å²) in [7, 11) is 0. The molecule has 1 fully saturated rings. The molecule has 1 aromatic carbocycles. The fourth-order valence-corrected chi connectivity index (χ4v) is 3.38. The van der Waals surface area contributed by atoms with Crippen LogP contribution in [0.3, 0.4) is 0 Å². The molecule has 32 heavy (non-hydrogen) atoms. The second kappa shape index (κ2) is 11.7. The van der Waals surface area contributed by atoms with Gasteiger partial charge in [-0.15, -0.1) is 0 Å². The lowest BCUT2D eigenvalue weighted by Gasteiger charge is -2.27. The van der Waals surface area contributed by atoms with Crippen molar-refractivity contribution in [1.29, 1.82) is 0 Å². The van der Waals surface area contributed by atoms with Crippen molar-refractivity contribution < 1.29 is 38.1 Å². The number of nitrogens with zero attached hydrogens (tertiary/aromatic N) is 1. The van der Waals surface area contributed by atoms with Crippen LogP contribution in [0.1, 0.15) is 33.6 Å². The van der Waals surface area contributed by atoms with Gasteiger partial charge >= 0.3 is 0 Å². The topological polar surface area (TPSA) is 146 Å². The summed E-state index contributed by atoms with van der Waals surface area (Å²) in [6, 6.07) is 3.57. The Kier molecular flexibility index (Phi) is 8.68. The Morgan fingerprint density at radius 3 is 2.16 bits per heavy atom. The zero-order valence-corrected chi connectivity index (χ0v) is 17.7. The number of benzene rings is 1. The molecule has 11 nitrogen and oxygen atoms in total. The SMILES string of the molecule is NCCOCCOCCOCCOc1ccc2c(c1)C(=O)N(C1CCC(=O)NC1=O)C2=O. The maximum atomic E-state index is 12.8. The normalized spacial score (nSPS) is 18.2. The number of piperidine rings is 1. The lowest BCUT2D eigenvalue weighted by molar-refractivity contribution is -0.136. The van der Waals surface area contributed by atoms with Gasteiger partial charge in [0.25, 0.3) is 11.8 Å². The van der Waals surface area contributed by atoms with Gasteiger partial charge < -0.3 is 24.7 Å². The van der Waals surface area contributed by atoms with Crippen LogP contribution in [0.5, 0.6) is 5.75 Å². The first kappa shape index (κ1) is 23.8. The molecule has 0 aliphatic carbocycles. The van der Waals surface area contributed by atoms with Crippen LogP contribution in [0.25, 0.3) is 0 Å². The standard InChI is InChI=1S/C21H27N3O8/c22-5-6-29-7-8-30-9-10-31-11-12-32-14-1-2-15-16(13-14)21(28)24(20(15)27)17-3-4-18(25)23-19(17)26/h1-2,13,17H,3-12,22H2,(H,23,25,26). The van der Waals surface area contributed by atoms with Gasteiger partial charge in [-0.1, -0.05) is 0 Å². The summed E-state index contributed by atoms with van der Waals surface area (Å²) in [6.45, 7) is 3.34. The molecular weight excluding hydrogens is 422 g/mol. The largest absolute Gasteiger partial charge is 0.491 e. The third kappa shape index (κ3) is 5.88. The molecule has 174 valence electrons. The quantitative estimate of drug-likeness (QED) is 0.300. The third-order valence-corrected chi connectivity index (χ3v) is 4.91. The van der Waals surface area contributed by atoms with Crippen molar-refractivity contribution in [3.63, 3.8) is 0 Å². The molecule has 0 spiro atoms. The predicted molar refractivity (Wildman–Crippen MR) is 110 cm³/mol. The van der Waals surface area contributed by atoms with E-state index >= 15 is 0 Å². The summed E-state index contributed by atoms with van der Waals surface area (Å²) < 4.78 is 21.5. The van der Waals surface area contributed by atoms with Crippen LogP contribution in [-0.2, 0) is 23.8 Å². The fourth-order valence-electron chi connectivity index (χ4n) is 3.38. The first-order valence-corrected chi connectivity index (χ1v) is 10.4. The van der Waals surface area contributed by atoms with E-state index in [4.69, 9.17) is 24.7 Å². The van der Waals surface area contributed by atoms with Crippen molar-refractivity contribution in [3.8, 4) is 5.75 Å². The van der Waals surface area contributed by atoms with Crippen molar-refractivity contribution in [3.05, 3.63) is 29.3 Å². The van der Waals surface area contributed by atoms with Crippen molar-refractivity contribution in [2.75, 3.05) is 52.8 Å². The smallest absolute Gasteiger partial charge is 0.262 e. The maximum absolute atomic E-state index is 12.8. The van der Waals surface area contributed by atoms with E-state index in [9.17, 15) is 19.2 Å². The van der Waals surface area contributed by atoms with Gasteiger partial charge in [0.15, 0.2) is 0 Å². The van der Waals surface area contributed by atoms with Crippen molar-refractivity contribution in [1.82, 2.24) is 10.2 Å². The zero-order valence-electron chi connectivity index (χ0n) is 17.7. The van der Waals surface area contributed by atoms with E-state index in [2.05, 4.69) is 5.32 Å². The summed E-state index contributed by atoms with van der Waals surface area (Å²) >= 11 is 0. The minimum absolute atomic E-state index is 0.0747. The van der Waals surface area contributed by atoms with E-state index < -0.39 is 29.7 Å². The van der Waals surface area contributed by atoms with Crippen LogP contribution in [0, 0.1) is 0 Å². The molecule has 0 bridgehead atoms. The van der Waals surface area contributed by atoms with E-state index in [1.807, 2.05) is 0 Å². The first-order chi connectivity index (χ1) is 15.5. The molecule has 1 unspecified atom stereocenters. The Labute approximate surface area is 185 Å². The van der Waals surface area contributed by atoms with Crippen molar-refractivity contribution in [2.24, 2.45) is 5.73 Å². The monoisotopic (exact) mass is 449 g/mol. The lowest BCUT2D eigenvalue weighted by atomic mass is 10.0. The first-order valence-electron chi connectivity index (χ1n) is 10.4. The number of hydrogen-bond donors (Lipinski definition) is 2. The molecule has 3 rings (SSSR count). The van der Waals surface area contributed by atoms with Gasteiger partial charge in [-0.3, -0.25) is 29.4 Å². The zero-order chi connectivity index (χ0) is 22.9. The highest BCUT2D eigenvalue weighted by molar-refractivity contribution is 6.23. The molecule has 1 saturated heterocycles. The summed E-state index contributed by atoms with van der Waals surface area (Å²) in [5.41, 5.74) is 5.68. The lowest BCUT2D eigenvalue weighted by Crippen LogP contribution is -2.54. The molecule has 2 heterocycles. The Morgan fingerprint density at radius 2 is 1.50 bits per heavy atom. The highest BCUT2D eigenvalue weighted by atomic mass is 16.6. The van der Waals surface area contributed by atoms with Gasteiger partial charge in [0.05, 0.1) is 50.8 Å². The van der Waals surface area contributed by atoms with Crippen molar-refractivity contribution in [2.45, 2.75) is 18.9 Å². The summed E-state index contributed by atoms with van der Waals surface area (Å²) in [5.74, 6) is -1.77. The van der Waals surface area contributed by atoms with Gasteiger partial charge in [-0.2, -0.15) is 0 Å². The molecule has 4 amide bonds. The molecule has 11 heteroatoms.